The van der Waals surface area contributed by atoms with Crippen molar-refractivity contribution in [2.75, 3.05) is 24.6 Å². The summed E-state index contributed by atoms with van der Waals surface area (Å²) >= 11 is 0. The predicted molar refractivity (Wildman–Crippen MR) is 113 cm³/mol. The van der Waals surface area contributed by atoms with Crippen LogP contribution in [0.15, 0.2) is 29.1 Å². The van der Waals surface area contributed by atoms with Gasteiger partial charge in [0.2, 0.25) is 0 Å². The Morgan fingerprint density at radius 2 is 2.06 bits per heavy atom. The molecule has 158 valence electrons. The minimum Gasteiger partial charge on any atom is -0.376 e. The molecule has 3 aromatic heterocycles. The number of fused-ring (bicyclic) bond motifs is 1. The summed E-state index contributed by atoms with van der Waals surface area (Å²) in [5.41, 5.74) is 4.33. The Labute approximate surface area is 179 Å². The van der Waals surface area contributed by atoms with Crippen LogP contribution >= 0.6 is 0 Å². The fourth-order valence-electron chi connectivity index (χ4n) is 4.24. The highest BCUT2D eigenvalue weighted by Gasteiger charge is 2.31. The highest BCUT2D eigenvalue weighted by atomic mass is 16.5. The van der Waals surface area contributed by atoms with Crippen molar-refractivity contribution in [3.63, 3.8) is 0 Å². The normalized spacial score (nSPS) is 16.0. The van der Waals surface area contributed by atoms with Crippen LogP contribution in [0.2, 0.25) is 0 Å². The molecule has 0 aromatic carbocycles. The van der Waals surface area contributed by atoms with Gasteiger partial charge in [-0.15, -0.1) is 5.10 Å². The largest absolute Gasteiger partial charge is 0.376 e. The smallest absolute Gasteiger partial charge is 0.266 e. The van der Waals surface area contributed by atoms with Crippen molar-refractivity contribution >= 4 is 5.82 Å². The quantitative estimate of drug-likeness (QED) is 0.634. The molecule has 9 nitrogen and oxygen atoms in total. The molecule has 2 aliphatic rings. The van der Waals surface area contributed by atoms with Gasteiger partial charge in [0.15, 0.2) is 5.82 Å². The first-order valence-corrected chi connectivity index (χ1v) is 10.4. The second kappa shape index (κ2) is 7.63. The fourth-order valence-corrected chi connectivity index (χ4v) is 4.24. The molecule has 0 atom stereocenters. The molecule has 0 N–H and O–H groups in total. The van der Waals surface area contributed by atoms with Gasteiger partial charge in [-0.3, -0.25) is 4.79 Å². The van der Waals surface area contributed by atoms with Gasteiger partial charge in [-0.1, -0.05) is 0 Å². The van der Waals surface area contributed by atoms with Crippen LogP contribution in [0.5, 0.6) is 0 Å². The van der Waals surface area contributed by atoms with Gasteiger partial charge in [-0.05, 0) is 32.0 Å². The number of nitriles is 1. The number of anilines is 1. The van der Waals surface area contributed by atoms with Crippen molar-refractivity contribution in [3.8, 4) is 11.9 Å². The van der Waals surface area contributed by atoms with E-state index in [0.29, 0.717) is 31.1 Å². The van der Waals surface area contributed by atoms with E-state index in [-0.39, 0.29) is 11.5 Å². The molecule has 0 bridgehead atoms. The molecular weight excluding hydrogens is 394 g/mol. The van der Waals surface area contributed by atoms with E-state index >= 15 is 0 Å². The molecule has 2 aliphatic heterocycles. The van der Waals surface area contributed by atoms with Crippen molar-refractivity contribution in [3.05, 3.63) is 62.8 Å². The fraction of sp³-hybridized carbons (Fsp3) is 0.409. The van der Waals surface area contributed by atoms with Crippen molar-refractivity contribution in [2.24, 2.45) is 5.92 Å². The number of rotatable bonds is 4. The first-order valence-electron chi connectivity index (χ1n) is 10.4. The Morgan fingerprint density at radius 3 is 2.81 bits per heavy atom. The monoisotopic (exact) mass is 417 g/mol. The van der Waals surface area contributed by atoms with Gasteiger partial charge in [0.1, 0.15) is 11.9 Å². The van der Waals surface area contributed by atoms with E-state index < -0.39 is 0 Å². The third-order valence-corrected chi connectivity index (χ3v) is 5.80. The average Bonchev–Trinajstić information content (AvgIpc) is 3.08. The van der Waals surface area contributed by atoms with E-state index in [1.54, 1.807) is 10.7 Å². The summed E-state index contributed by atoms with van der Waals surface area (Å²) in [6, 6.07) is 9.38. The standard InChI is InChI=1S/C22H23N7O2/c1-14-7-15(2)29(25-14)20-3-4-21(30)28(26-20)12-16-10-27(11-16)22-17(9-23)8-18-13-31-6-5-19(18)24-22/h3-4,7-8,16H,5-6,10-13H2,1-2H3. The summed E-state index contributed by atoms with van der Waals surface area (Å²) < 4.78 is 8.73. The van der Waals surface area contributed by atoms with Gasteiger partial charge in [-0.2, -0.15) is 10.4 Å². The van der Waals surface area contributed by atoms with E-state index in [0.717, 1.165) is 48.0 Å². The molecule has 0 unspecified atom stereocenters. The lowest BCUT2D eigenvalue weighted by Crippen LogP contribution is -2.50. The number of pyridine rings is 1. The van der Waals surface area contributed by atoms with Gasteiger partial charge in [-0.25, -0.2) is 14.3 Å². The van der Waals surface area contributed by atoms with Gasteiger partial charge in [0.25, 0.3) is 5.56 Å². The lowest BCUT2D eigenvalue weighted by molar-refractivity contribution is 0.109. The van der Waals surface area contributed by atoms with Crippen molar-refractivity contribution in [2.45, 2.75) is 33.4 Å². The molecule has 5 heterocycles. The molecule has 3 aromatic rings. The van der Waals surface area contributed by atoms with Crippen molar-refractivity contribution in [1.82, 2.24) is 24.5 Å². The van der Waals surface area contributed by atoms with Crippen molar-refractivity contribution < 1.29 is 4.74 Å². The first-order chi connectivity index (χ1) is 15.0. The highest BCUT2D eigenvalue weighted by Crippen LogP contribution is 2.29. The molecular formula is C22H23N7O2. The Balaban J connectivity index is 1.32. The molecule has 1 fully saturated rings. The SMILES string of the molecule is Cc1cc(C)n(-c2ccc(=O)n(CC3CN(c4nc5c(cc4C#N)COCC5)C3)n2)n1. The lowest BCUT2D eigenvalue weighted by Gasteiger charge is -2.40. The second-order valence-corrected chi connectivity index (χ2v) is 8.20. The zero-order valence-electron chi connectivity index (χ0n) is 17.6. The van der Waals surface area contributed by atoms with Crippen LogP contribution in [0.25, 0.3) is 5.82 Å². The average molecular weight is 417 g/mol. The maximum atomic E-state index is 12.4. The van der Waals surface area contributed by atoms with Gasteiger partial charge in [0.05, 0.1) is 36.7 Å². The third-order valence-electron chi connectivity index (χ3n) is 5.80. The summed E-state index contributed by atoms with van der Waals surface area (Å²) in [7, 11) is 0. The molecule has 5 rings (SSSR count). The number of ether oxygens (including phenoxy) is 1. The molecule has 31 heavy (non-hydrogen) atoms. The number of nitrogens with zero attached hydrogens (tertiary/aromatic N) is 7. The number of aryl methyl sites for hydroxylation is 2. The number of hydrogen-bond acceptors (Lipinski definition) is 7. The van der Waals surface area contributed by atoms with E-state index in [4.69, 9.17) is 9.72 Å². The third kappa shape index (κ3) is 3.59. The molecule has 0 radical (unpaired) electrons. The van der Waals surface area contributed by atoms with Crippen LogP contribution in [0.1, 0.15) is 28.2 Å². The summed E-state index contributed by atoms with van der Waals surface area (Å²) in [5.74, 6) is 1.62. The van der Waals surface area contributed by atoms with Crippen LogP contribution in [0.3, 0.4) is 0 Å². The zero-order chi connectivity index (χ0) is 21.5. The Kier molecular flexibility index (Phi) is 4.79. The van der Waals surface area contributed by atoms with Crippen LogP contribution in [-0.4, -0.2) is 44.2 Å². The van der Waals surface area contributed by atoms with E-state index in [1.807, 2.05) is 26.0 Å². The minimum absolute atomic E-state index is 0.131. The maximum absolute atomic E-state index is 12.4. The number of hydrogen-bond donors (Lipinski definition) is 0. The van der Waals surface area contributed by atoms with Crippen LogP contribution in [-0.2, 0) is 24.3 Å². The Morgan fingerprint density at radius 1 is 1.23 bits per heavy atom. The van der Waals surface area contributed by atoms with Gasteiger partial charge >= 0.3 is 0 Å². The summed E-state index contributed by atoms with van der Waals surface area (Å²) in [6.07, 6.45) is 0.768. The summed E-state index contributed by atoms with van der Waals surface area (Å²) in [4.78, 5) is 19.2. The highest BCUT2D eigenvalue weighted by molar-refractivity contribution is 5.57. The van der Waals surface area contributed by atoms with Crippen molar-refractivity contribution in [1.29, 1.82) is 5.26 Å². The predicted octanol–water partition coefficient (Wildman–Crippen LogP) is 1.52. The van der Waals surface area contributed by atoms with Crippen LogP contribution in [0.4, 0.5) is 5.82 Å². The Bertz CT molecular complexity index is 1250. The summed E-state index contributed by atoms with van der Waals surface area (Å²) in [6.45, 7) is 7.05. The van der Waals surface area contributed by atoms with Gasteiger partial charge in [0, 0.05) is 42.8 Å². The Hall–Kier alpha value is -3.51. The molecule has 0 amide bonds. The van der Waals surface area contributed by atoms with E-state index in [9.17, 15) is 10.1 Å². The summed E-state index contributed by atoms with van der Waals surface area (Å²) in [5, 5.41) is 18.6. The maximum Gasteiger partial charge on any atom is 0.266 e. The molecule has 0 aliphatic carbocycles. The molecule has 1 saturated heterocycles. The molecule has 0 spiro atoms. The van der Waals surface area contributed by atoms with Crippen LogP contribution in [0, 0.1) is 31.1 Å². The topological polar surface area (TPSA) is 102 Å². The van der Waals surface area contributed by atoms with E-state index in [2.05, 4.69) is 21.2 Å². The number of aromatic nitrogens is 5. The van der Waals surface area contributed by atoms with Gasteiger partial charge < -0.3 is 9.64 Å². The second-order valence-electron chi connectivity index (χ2n) is 8.20. The molecule has 0 saturated carbocycles. The minimum atomic E-state index is -0.131. The zero-order valence-corrected chi connectivity index (χ0v) is 17.6. The lowest BCUT2D eigenvalue weighted by atomic mass is 9.98. The van der Waals surface area contributed by atoms with Crippen LogP contribution < -0.4 is 10.5 Å². The molecule has 9 heteroatoms. The first kappa shape index (κ1) is 19.5. The van der Waals surface area contributed by atoms with E-state index in [1.165, 1.54) is 10.7 Å².